The molecule has 1 amide bonds. The van der Waals surface area contributed by atoms with Gasteiger partial charge < -0.3 is 10.2 Å². The molecule has 0 aliphatic carbocycles. The van der Waals surface area contributed by atoms with Gasteiger partial charge in [0, 0.05) is 37.9 Å². The number of pyridine rings is 2. The number of carbonyl (C=O) groups excluding carboxylic acids is 1. The highest BCUT2D eigenvalue weighted by Crippen LogP contribution is 2.36. The average molecular weight is 394 g/mol. The number of anilines is 3. The van der Waals surface area contributed by atoms with Gasteiger partial charge >= 0.3 is 6.18 Å². The van der Waals surface area contributed by atoms with Crippen LogP contribution in [0.15, 0.2) is 36.7 Å². The molecule has 0 aromatic carbocycles. The van der Waals surface area contributed by atoms with Crippen molar-refractivity contribution in [3.63, 3.8) is 0 Å². The molecule has 0 spiro atoms. The predicted octanol–water partition coefficient (Wildman–Crippen LogP) is 3.74. The third-order valence-electron chi connectivity index (χ3n) is 3.42. The Morgan fingerprint density at radius 2 is 2.04 bits per heavy atom. The molecular formula is C16H13F3N6OS. The SMILES string of the molecule is CC(=O)Nc1cc(C(F)(F)F)cnc1N(C)c1nc(-c2ccccn2)ns1. The van der Waals surface area contributed by atoms with Crippen LogP contribution in [0.5, 0.6) is 0 Å². The van der Waals surface area contributed by atoms with E-state index < -0.39 is 17.6 Å². The normalized spacial score (nSPS) is 11.3. The monoisotopic (exact) mass is 394 g/mol. The van der Waals surface area contributed by atoms with Gasteiger partial charge in [0.25, 0.3) is 0 Å². The molecule has 0 fully saturated rings. The van der Waals surface area contributed by atoms with E-state index in [1.807, 2.05) is 0 Å². The van der Waals surface area contributed by atoms with Crippen LogP contribution in [0.1, 0.15) is 12.5 Å². The summed E-state index contributed by atoms with van der Waals surface area (Å²) in [6.07, 6.45) is -2.27. The molecule has 3 aromatic rings. The minimum atomic E-state index is -4.58. The fourth-order valence-electron chi connectivity index (χ4n) is 2.20. The van der Waals surface area contributed by atoms with Crippen LogP contribution in [0.2, 0.25) is 0 Å². The van der Waals surface area contributed by atoms with Gasteiger partial charge in [-0.15, -0.1) is 0 Å². The first-order chi connectivity index (χ1) is 12.8. The highest BCUT2D eigenvalue weighted by Gasteiger charge is 2.32. The van der Waals surface area contributed by atoms with Gasteiger partial charge in [-0.25, -0.2) is 4.98 Å². The van der Waals surface area contributed by atoms with E-state index >= 15 is 0 Å². The molecule has 0 saturated heterocycles. The fourth-order valence-corrected chi connectivity index (χ4v) is 2.84. The Morgan fingerprint density at radius 3 is 2.67 bits per heavy atom. The number of amides is 1. The Labute approximate surface area is 156 Å². The maximum atomic E-state index is 13.0. The molecule has 0 saturated carbocycles. The molecule has 3 heterocycles. The maximum absolute atomic E-state index is 13.0. The Balaban J connectivity index is 1.97. The minimum Gasteiger partial charge on any atom is -0.323 e. The number of alkyl halides is 3. The van der Waals surface area contributed by atoms with E-state index in [0.29, 0.717) is 22.8 Å². The van der Waals surface area contributed by atoms with Crippen molar-refractivity contribution in [1.82, 2.24) is 19.3 Å². The standard InChI is InChI=1S/C16H13F3N6OS/c1-9(26)22-12-7-10(16(17,18)19)8-21-14(12)25(2)15-23-13(24-27-15)11-5-3-4-6-20-11/h3-8H,1-2H3,(H,22,26). The highest BCUT2D eigenvalue weighted by atomic mass is 32.1. The molecule has 0 aliphatic rings. The average Bonchev–Trinajstić information content (AvgIpc) is 3.11. The van der Waals surface area contributed by atoms with Gasteiger partial charge in [0.1, 0.15) is 5.69 Å². The van der Waals surface area contributed by atoms with E-state index in [2.05, 4.69) is 24.6 Å². The first-order valence-electron chi connectivity index (χ1n) is 7.59. The van der Waals surface area contributed by atoms with Crippen LogP contribution in [-0.2, 0) is 11.0 Å². The molecule has 0 aliphatic heterocycles. The summed E-state index contributed by atoms with van der Waals surface area (Å²) in [5, 5.41) is 2.76. The van der Waals surface area contributed by atoms with Gasteiger partial charge in [0.15, 0.2) is 11.6 Å². The Hall–Kier alpha value is -3.08. The zero-order valence-corrected chi connectivity index (χ0v) is 15.0. The van der Waals surface area contributed by atoms with Crippen LogP contribution in [0, 0.1) is 0 Å². The number of halogens is 3. The summed E-state index contributed by atoms with van der Waals surface area (Å²) < 4.78 is 43.1. The first kappa shape index (κ1) is 18.7. The Kier molecular flexibility index (Phi) is 5.04. The fraction of sp³-hybridized carbons (Fsp3) is 0.188. The van der Waals surface area contributed by atoms with E-state index in [0.717, 1.165) is 17.6 Å². The third-order valence-corrected chi connectivity index (χ3v) is 4.21. The lowest BCUT2D eigenvalue weighted by atomic mass is 10.2. The van der Waals surface area contributed by atoms with Crippen molar-refractivity contribution in [2.75, 3.05) is 17.3 Å². The van der Waals surface area contributed by atoms with Crippen LogP contribution < -0.4 is 10.2 Å². The topological polar surface area (TPSA) is 83.9 Å². The van der Waals surface area contributed by atoms with Crippen molar-refractivity contribution < 1.29 is 18.0 Å². The van der Waals surface area contributed by atoms with E-state index in [1.54, 1.807) is 31.4 Å². The lowest BCUT2D eigenvalue weighted by Crippen LogP contribution is -2.17. The van der Waals surface area contributed by atoms with Crippen LogP contribution in [0.3, 0.4) is 0 Å². The van der Waals surface area contributed by atoms with Gasteiger partial charge in [-0.2, -0.15) is 22.5 Å². The third kappa shape index (κ3) is 4.19. The number of hydrogen-bond donors (Lipinski definition) is 1. The van der Waals surface area contributed by atoms with Crippen molar-refractivity contribution in [3.05, 3.63) is 42.2 Å². The molecule has 0 radical (unpaired) electrons. The summed E-state index contributed by atoms with van der Waals surface area (Å²) in [4.78, 5) is 25.2. The quantitative estimate of drug-likeness (QED) is 0.726. The molecule has 1 N–H and O–H groups in total. The van der Waals surface area contributed by atoms with E-state index in [9.17, 15) is 18.0 Å². The van der Waals surface area contributed by atoms with Crippen LogP contribution in [0.25, 0.3) is 11.5 Å². The molecule has 3 rings (SSSR count). The van der Waals surface area contributed by atoms with E-state index in [1.165, 1.54) is 11.8 Å². The summed E-state index contributed by atoms with van der Waals surface area (Å²) in [6.45, 7) is 1.20. The molecule has 27 heavy (non-hydrogen) atoms. The van der Waals surface area contributed by atoms with Crippen molar-refractivity contribution in [3.8, 4) is 11.5 Å². The lowest BCUT2D eigenvalue weighted by molar-refractivity contribution is -0.137. The minimum absolute atomic E-state index is 0.0746. The molecule has 0 atom stereocenters. The molecule has 0 unspecified atom stereocenters. The summed E-state index contributed by atoms with van der Waals surface area (Å²) in [5.74, 6) is -0.0189. The number of hydrogen-bond acceptors (Lipinski definition) is 7. The summed E-state index contributed by atoms with van der Waals surface area (Å²) in [7, 11) is 1.57. The zero-order valence-electron chi connectivity index (χ0n) is 14.2. The van der Waals surface area contributed by atoms with Crippen LogP contribution in [0.4, 0.5) is 29.8 Å². The summed E-state index contributed by atoms with van der Waals surface area (Å²) >= 11 is 1.03. The van der Waals surface area contributed by atoms with Gasteiger partial charge in [-0.1, -0.05) is 6.07 Å². The number of aromatic nitrogens is 4. The molecule has 11 heteroatoms. The van der Waals surface area contributed by atoms with E-state index in [4.69, 9.17) is 0 Å². The second kappa shape index (κ2) is 7.27. The first-order valence-corrected chi connectivity index (χ1v) is 8.36. The predicted molar refractivity (Wildman–Crippen MR) is 94.7 cm³/mol. The number of nitrogens with zero attached hydrogens (tertiary/aromatic N) is 5. The largest absolute Gasteiger partial charge is 0.417 e. The maximum Gasteiger partial charge on any atom is 0.417 e. The highest BCUT2D eigenvalue weighted by molar-refractivity contribution is 7.10. The molecule has 3 aromatic heterocycles. The Morgan fingerprint density at radius 1 is 1.26 bits per heavy atom. The van der Waals surface area contributed by atoms with Crippen LogP contribution in [-0.4, -0.2) is 32.3 Å². The Bertz CT molecular complexity index is 960. The molecular weight excluding hydrogens is 381 g/mol. The van der Waals surface area contributed by atoms with Crippen molar-refractivity contribution in [2.24, 2.45) is 0 Å². The number of rotatable bonds is 4. The van der Waals surface area contributed by atoms with Gasteiger partial charge in [0.05, 0.1) is 11.3 Å². The molecule has 7 nitrogen and oxygen atoms in total. The number of nitrogens with one attached hydrogen (secondary N) is 1. The number of carbonyl (C=O) groups is 1. The molecule has 140 valence electrons. The van der Waals surface area contributed by atoms with Crippen molar-refractivity contribution >= 4 is 34.1 Å². The van der Waals surface area contributed by atoms with Crippen molar-refractivity contribution in [1.29, 1.82) is 0 Å². The summed E-state index contributed by atoms with van der Waals surface area (Å²) in [5.41, 5.74) is -0.472. The second-order valence-corrected chi connectivity index (χ2v) is 6.18. The van der Waals surface area contributed by atoms with Crippen LogP contribution >= 0.6 is 11.5 Å². The smallest absolute Gasteiger partial charge is 0.323 e. The van der Waals surface area contributed by atoms with Gasteiger partial charge in [-0.3, -0.25) is 9.78 Å². The van der Waals surface area contributed by atoms with Gasteiger partial charge in [-0.05, 0) is 18.2 Å². The molecule has 0 bridgehead atoms. The lowest BCUT2D eigenvalue weighted by Gasteiger charge is -2.19. The summed E-state index contributed by atoms with van der Waals surface area (Å²) in [6, 6.07) is 6.12. The van der Waals surface area contributed by atoms with Crippen molar-refractivity contribution in [2.45, 2.75) is 13.1 Å². The zero-order chi connectivity index (χ0) is 19.6. The second-order valence-electron chi connectivity index (χ2n) is 5.45. The van der Waals surface area contributed by atoms with E-state index in [-0.39, 0.29) is 11.5 Å². The van der Waals surface area contributed by atoms with Gasteiger partial charge in [0.2, 0.25) is 11.0 Å².